The van der Waals surface area contributed by atoms with Crippen LogP contribution in [-0.2, 0) is 10.0 Å². The zero-order valence-electron chi connectivity index (χ0n) is 10.5. The third-order valence-corrected chi connectivity index (χ3v) is 3.56. The van der Waals surface area contributed by atoms with Crippen LogP contribution in [0.3, 0.4) is 0 Å². The second-order valence-electron chi connectivity index (χ2n) is 3.74. The van der Waals surface area contributed by atoms with E-state index in [1.807, 2.05) is 0 Å². The van der Waals surface area contributed by atoms with Crippen LogP contribution in [0.25, 0.3) is 0 Å². The number of rotatable bonds is 3. The highest BCUT2D eigenvalue weighted by Gasteiger charge is 2.17. The van der Waals surface area contributed by atoms with Crippen LogP contribution >= 0.6 is 0 Å². The van der Waals surface area contributed by atoms with Crippen molar-refractivity contribution in [3.05, 3.63) is 35.7 Å². The lowest BCUT2D eigenvalue weighted by Crippen LogP contribution is -2.13. The first kappa shape index (κ1) is 14.0. The van der Waals surface area contributed by atoms with Gasteiger partial charge >= 0.3 is 6.01 Å². The van der Waals surface area contributed by atoms with Crippen LogP contribution in [0.15, 0.2) is 33.7 Å². The van der Waals surface area contributed by atoms with E-state index in [0.29, 0.717) is 11.4 Å². The van der Waals surface area contributed by atoms with Gasteiger partial charge in [-0.15, -0.1) is 0 Å². The highest BCUT2D eigenvalue weighted by molar-refractivity contribution is 7.92. The first-order chi connectivity index (χ1) is 9.51. The smallest absolute Gasteiger partial charge is 0.335 e. The minimum absolute atomic E-state index is 0.0444. The number of aliphatic hydroxyl groups excluding tert-OH is 1. The summed E-state index contributed by atoms with van der Waals surface area (Å²) in [5.41, 5.74) is 0.603. The van der Waals surface area contributed by atoms with Crippen molar-refractivity contribution in [1.29, 1.82) is 0 Å². The molecule has 0 aliphatic carbocycles. The van der Waals surface area contributed by atoms with Gasteiger partial charge in [-0.2, -0.15) is 4.98 Å². The molecule has 0 amide bonds. The van der Waals surface area contributed by atoms with Crippen LogP contribution in [0.5, 0.6) is 0 Å². The Bertz CT molecular complexity index is 754. The molecule has 104 valence electrons. The topological polar surface area (TPSA) is 105 Å². The van der Waals surface area contributed by atoms with Crippen molar-refractivity contribution >= 4 is 16.0 Å². The lowest BCUT2D eigenvalue weighted by molar-refractivity contribution is 0.350. The largest absolute Gasteiger partial charge is 0.384 e. The van der Waals surface area contributed by atoms with Gasteiger partial charge < -0.3 is 9.63 Å². The summed E-state index contributed by atoms with van der Waals surface area (Å²) >= 11 is 0. The Morgan fingerprint density at radius 3 is 2.60 bits per heavy atom. The first-order valence-electron chi connectivity index (χ1n) is 5.54. The summed E-state index contributed by atoms with van der Waals surface area (Å²) in [4.78, 5) is 3.81. The predicted octanol–water partition coefficient (Wildman–Crippen LogP) is 0.523. The molecule has 0 saturated carbocycles. The first-order valence-corrected chi connectivity index (χ1v) is 7.02. The van der Waals surface area contributed by atoms with Gasteiger partial charge in [0.1, 0.15) is 6.61 Å². The van der Waals surface area contributed by atoms with Gasteiger partial charge in [0.05, 0.1) is 4.90 Å². The van der Waals surface area contributed by atoms with Crippen molar-refractivity contribution in [1.82, 2.24) is 10.1 Å². The fourth-order valence-corrected chi connectivity index (χ4v) is 2.30. The molecule has 0 aliphatic heterocycles. The average molecular weight is 293 g/mol. The summed E-state index contributed by atoms with van der Waals surface area (Å²) in [6.07, 6.45) is 0. The summed E-state index contributed by atoms with van der Waals surface area (Å²) in [5.74, 6) is 5.47. The number of nitrogens with zero attached hydrogens (tertiary/aromatic N) is 2. The van der Waals surface area contributed by atoms with E-state index >= 15 is 0 Å². The Labute approximate surface area is 115 Å². The van der Waals surface area contributed by atoms with E-state index in [2.05, 4.69) is 26.7 Å². The number of benzene rings is 1. The predicted molar refractivity (Wildman–Crippen MR) is 70.2 cm³/mol. The lowest BCUT2D eigenvalue weighted by atomic mass is 10.2. The second kappa shape index (κ2) is 5.73. The minimum atomic E-state index is -3.78. The fraction of sp³-hybridized carbons (Fsp3) is 0.167. The Morgan fingerprint density at radius 1 is 1.35 bits per heavy atom. The van der Waals surface area contributed by atoms with Gasteiger partial charge in [-0.1, -0.05) is 17.0 Å². The van der Waals surface area contributed by atoms with Gasteiger partial charge in [-0.05, 0) is 31.2 Å². The average Bonchev–Trinajstić information content (AvgIpc) is 2.81. The van der Waals surface area contributed by atoms with E-state index in [4.69, 9.17) is 9.63 Å². The summed E-state index contributed by atoms with van der Waals surface area (Å²) in [5, 5.41) is 12.1. The van der Waals surface area contributed by atoms with Gasteiger partial charge in [0.2, 0.25) is 0 Å². The molecule has 2 rings (SSSR count). The van der Waals surface area contributed by atoms with E-state index in [-0.39, 0.29) is 17.5 Å². The molecular weight excluding hydrogens is 282 g/mol. The Kier molecular flexibility index (Phi) is 4.02. The normalized spacial score (nSPS) is 10.7. The van der Waals surface area contributed by atoms with Crippen molar-refractivity contribution < 1.29 is 18.0 Å². The maximum absolute atomic E-state index is 12.0. The minimum Gasteiger partial charge on any atom is -0.384 e. The van der Waals surface area contributed by atoms with Crippen LogP contribution < -0.4 is 4.72 Å². The number of anilines is 1. The fourth-order valence-electron chi connectivity index (χ4n) is 1.37. The molecule has 2 aromatic rings. The molecule has 1 heterocycles. The Hall–Kier alpha value is -2.37. The number of hydrogen-bond donors (Lipinski definition) is 2. The third-order valence-electron chi connectivity index (χ3n) is 2.23. The highest BCUT2D eigenvalue weighted by atomic mass is 32.2. The number of aryl methyl sites for hydroxylation is 1. The lowest BCUT2D eigenvalue weighted by Gasteiger charge is -2.03. The number of aromatic nitrogens is 2. The van der Waals surface area contributed by atoms with Crippen LogP contribution in [0.1, 0.15) is 11.4 Å². The molecule has 1 aromatic heterocycles. The number of hydrogen-bond acceptors (Lipinski definition) is 6. The summed E-state index contributed by atoms with van der Waals surface area (Å²) in [6, 6.07) is 5.68. The summed E-state index contributed by atoms with van der Waals surface area (Å²) < 4.78 is 30.9. The SMILES string of the molecule is Cc1noc(NS(=O)(=O)c2ccc(C#CCO)cc2)n1. The standard InChI is InChI=1S/C12H11N3O4S/c1-9-13-12(19-14-9)15-20(17,18)11-6-4-10(5-7-11)3-2-8-16/h4-7,16H,8H2,1H3,(H,13,14,15). The van der Waals surface area contributed by atoms with E-state index in [1.54, 1.807) is 6.92 Å². The molecule has 20 heavy (non-hydrogen) atoms. The zero-order valence-corrected chi connectivity index (χ0v) is 11.3. The third kappa shape index (κ3) is 3.34. The van der Waals surface area contributed by atoms with Crippen LogP contribution in [-0.4, -0.2) is 30.3 Å². The van der Waals surface area contributed by atoms with Crippen molar-refractivity contribution in [2.75, 3.05) is 11.3 Å². The Morgan fingerprint density at radius 2 is 2.05 bits per heavy atom. The monoisotopic (exact) mass is 293 g/mol. The van der Waals surface area contributed by atoms with Gasteiger partial charge in [-0.25, -0.2) is 13.1 Å². The van der Waals surface area contributed by atoms with Gasteiger partial charge in [0.15, 0.2) is 5.82 Å². The second-order valence-corrected chi connectivity index (χ2v) is 5.42. The van der Waals surface area contributed by atoms with Crippen LogP contribution in [0.2, 0.25) is 0 Å². The molecule has 0 atom stereocenters. The van der Waals surface area contributed by atoms with Crippen LogP contribution in [0, 0.1) is 18.8 Å². The molecule has 0 saturated heterocycles. The van der Waals surface area contributed by atoms with E-state index in [1.165, 1.54) is 24.3 Å². The zero-order chi connectivity index (χ0) is 14.6. The van der Waals surface area contributed by atoms with E-state index in [0.717, 1.165) is 0 Å². The molecule has 0 bridgehead atoms. The van der Waals surface area contributed by atoms with Crippen molar-refractivity contribution in [3.63, 3.8) is 0 Å². The van der Waals surface area contributed by atoms with Gasteiger partial charge in [-0.3, -0.25) is 0 Å². The maximum Gasteiger partial charge on any atom is 0.335 e. The molecular formula is C12H11N3O4S. The van der Waals surface area contributed by atoms with Gasteiger partial charge in [0.25, 0.3) is 10.0 Å². The van der Waals surface area contributed by atoms with Crippen molar-refractivity contribution in [2.24, 2.45) is 0 Å². The van der Waals surface area contributed by atoms with E-state index < -0.39 is 10.0 Å². The number of nitrogens with one attached hydrogen (secondary N) is 1. The molecule has 0 radical (unpaired) electrons. The Balaban J connectivity index is 2.21. The van der Waals surface area contributed by atoms with Gasteiger partial charge in [0, 0.05) is 5.56 Å². The molecule has 0 fully saturated rings. The molecule has 0 aliphatic rings. The molecule has 0 unspecified atom stereocenters. The highest BCUT2D eigenvalue weighted by Crippen LogP contribution is 2.14. The van der Waals surface area contributed by atoms with Crippen LogP contribution in [0.4, 0.5) is 6.01 Å². The number of sulfonamides is 1. The van der Waals surface area contributed by atoms with Crippen molar-refractivity contribution in [2.45, 2.75) is 11.8 Å². The molecule has 1 aromatic carbocycles. The summed E-state index contributed by atoms with van der Waals surface area (Å²) in [7, 11) is -3.78. The van der Waals surface area contributed by atoms with Crippen molar-refractivity contribution in [3.8, 4) is 11.8 Å². The van der Waals surface area contributed by atoms with E-state index in [9.17, 15) is 8.42 Å². The number of aliphatic hydroxyl groups is 1. The summed E-state index contributed by atoms with van der Waals surface area (Å²) in [6.45, 7) is 1.33. The molecule has 8 heteroatoms. The quantitative estimate of drug-likeness (QED) is 0.799. The molecule has 2 N–H and O–H groups in total. The maximum atomic E-state index is 12.0. The molecule has 7 nitrogen and oxygen atoms in total. The molecule has 0 spiro atoms.